The number of nitrogens with one attached hydrogen (secondary N) is 1. The summed E-state index contributed by atoms with van der Waals surface area (Å²) in [6.07, 6.45) is 7.56. The van der Waals surface area contributed by atoms with E-state index in [9.17, 15) is 9.59 Å². The molecule has 2 N–H and O–H groups in total. The molecule has 1 rings (SSSR count). The predicted octanol–water partition coefficient (Wildman–Crippen LogP) is 3.11. The number of carbonyl (C=O) groups excluding carboxylic acids is 1. The number of hydrogen-bond donors (Lipinski definition) is 2. The molecule has 1 aliphatic carbocycles. The predicted molar refractivity (Wildman–Crippen MR) is 74.9 cm³/mol. The zero-order valence-electron chi connectivity index (χ0n) is 12.2. The van der Waals surface area contributed by atoms with Gasteiger partial charge in [-0.05, 0) is 25.7 Å². The maximum Gasteiger partial charge on any atom is 0.305 e. The average molecular weight is 269 g/mol. The van der Waals surface area contributed by atoms with Crippen LogP contribution in [0.2, 0.25) is 0 Å². The van der Waals surface area contributed by atoms with Gasteiger partial charge in [-0.15, -0.1) is 0 Å². The van der Waals surface area contributed by atoms with Crippen LogP contribution in [0.3, 0.4) is 0 Å². The van der Waals surface area contributed by atoms with E-state index in [1.165, 1.54) is 0 Å². The van der Waals surface area contributed by atoms with Crippen molar-refractivity contribution in [2.45, 2.75) is 77.2 Å². The van der Waals surface area contributed by atoms with Crippen molar-refractivity contribution in [3.05, 3.63) is 0 Å². The van der Waals surface area contributed by atoms with Gasteiger partial charge in [0.2, 0.25) is 5.91 Å². The van der Waals surface area contributed by atoms with Gasteiger partial charge < -0.3 is 10.4 Å². The van der Waals surface area contributed by atoms with Gasteiger partial charge in [-0.2, -0.15) is 0 Å². The molecular formula is C15H27NO3. The minimum Gasteiger partial charge on any atom is -0.481 e. The number of carbonyl (C=O) groups is 2. The van der Waals surface area contributed by atoms with E-state index < -0.39 is 11.5 Å². The van der Waals surface area contributed by atoms with Gasteiger partial charge in [-0.1, -0.05) is 39.5 Å². The lowest BCUT2D eigenvalue weighted by Gasteiger charge is -2.30. The Hall–Kier alpha value is -1.06. The Kier molecular flexibility index (Phi) is 6.32. The van der Waals surface area contributed by atoms with Crippen molar-refractivity contribution >= 4 is 11.9 Å². The zero-order valence-corrected chi connectivity index (χ0v) is 12.2. The van der Waals surface area contributed by atoms with Crippen molar-refractivity contribution < 1.29 is 14.7 Å². The molecule has 1 amide bonds. The highest BCUT2D eigenvalue weighted by Gasteiger charge is 2.38. The van der Waals surface area contributed by atoms with E-state index in [1.54, 1.807) is 0 Å². The van der Waals surface area contributed by atoms with Crippen molar-refractivity contribution in [3.63, 3.8) is 0 Å². The Morgan fingerprint density at radius 3 is 2.37 bits per heavy atom. The Balaban J connectivity index is 2.62. The second-order valence-electron chi connectivity index (χ2n) is 5.79. The highest BCUT2D eigenvalue weighted by atomic mass is 16.4. The van der Waals surface area contributed by atoms with Gasteiger partial charge in [0.05, 0.1) is 12.0 Å². The summed E-state index contributed by atoms with van der Waals surface area (Å²) in [5, 5.41) is 12.1. The van der Waals surface area contributed by atoms with Crippen LogP contribution in [-0.2, 0) is 9.59 Å². The smallest absolute Gasteiger partial charge is 0.305 e. The van der Waals surface area contributed by atoms with E-state index in [4.69, 9.17) is 5.11 Å². The molecule has 4 heteroatoms. The van der Waals surface area contributed by atoms with Crippen molar-refractivity contribution in [3.8, 4) is 0 Å². The van der Waals surface area contributed by atoms with E-state index in [0.717, 1.165) is 51.4 Å². The molecule has 110 valence electrons. The lowest BCUT2D eigenvalue weighted by Crippen LogP contribution is -2.49. The Morgan fingerprint density at radius 2 is 1.89 bits per heavy atom. The summed E-state index contributed by atoms with van der Waals surface area (Å²) in [7, 11) is 0. The fourth-order valence-electron chi connectivity index (χ4n) is 3.02. The molecule has 0 heterocycles. The molecule has 0 aromatic heterocycles. The second-order valence-corrected chi connectivity index (χ2v) is 5.79. The number of rotatable bonds is 8. The maximum absolute atomic E-state index is 12.3. The highest BCUT2D eigenvalue weighted by Crippen LogP contribution is 2.33. The number of unbranched alkanes of at least 4 members (excludes halogenated alkanes) is 1. The fourth-order valence-corrected chi connectivity index (χ4v) is 3.02. The third-order valence-corrected chi connectivity index (χ3v) is 4.21. The number of amides is 1. The first kappa shape index (κ1) is 16.0. The Morgan fingerprint density at radius 1 is 1.26 bits per heavy atom. The molecule has 4 nitrogen and oxygen atoms in total. The molecule has 0 spiro atoms. The lowest BCUT2D eigenvalue weighted by molar-refractivity contribution is -0.139. The summed E-state index contributed by atoms with van der Waals surface area (Å²) < 4.78 is 0. The minimum absolute atomic E-state index is 0.0335. The largest absolute Gasteiger partial charge is 0.481 e. The molecule has 0 saturated heterocycles. The van der Waals surface area contributed by atoms with Crippen LogP contribution < -0.4 is 5.32 Å². The quantitative estimate of drug-likeness (QED) is 0.711. The number of aliphatic carboxylic acids is 1. The summed E-state index contributed by atoms with van der Waals surface area (Å²) in [6.45, 7) is 4.14. The summed E-state index contributed by atoms with van der Waals surface area (Å²) in [5.41, 5.74) is -0.484. The SMILES string of the molecule is CCCCC(CC)C(=O)NC1(CC(=O)O)CCCC1. The maximum atomic E-state index is 12.3. The van der Waals surface area contributed by atoms with Gasteiger partial charge in [-0.25, -0.2) is 0 Å². The van der Waals surface area contributed by atoms with Crippen LogP contribution >= 0.6 is 0 Å². The van der Waals surface area contributed by atoms with Crippen LogP contribution in [0.4, 0.5) is 0 Å². The highest BCUT2D eigenvalue weighted by molar-refractivity contribution is 5.80. The summed E-state index contributed by atoms with van der Waals surface area (Å²) in [6, 6.07) is 0. The number of hydrogen-bond acceptors (Lipinski definition) is 2. The van der Waals surface area contributed by atoms with Gasteiger partial charge in [0.25, 0.3) is 0 Å². The molecular weight excluding hydrogens is 242 g/mol. The summed E-state index contributed by atoms with van der Waals surface area (Å²) in [4.78, 5) is 23.3. The van der Waals surface area contributed by atoms with Crippen molar-refractivity contribution in [2.75, 3.05) is 0 Å². The zero-order chi connectivity index (χ0) is 14.3. The summed E-state index contributed by atoms with van der Waals surface area (Å²) >= 11 is 0. The van der Waals surface area contributed by atoms with Gasteiger partial charge in [-0.3, -0.25) is 9.59 Å². The number of carboxylic acids is 1. The van der Waals surface area contributed by atoms with Crippen molar-refractivity contribution in [2.24, 2.45) is 5.92 Å². The fraction of sp³-hybridized carbons (Fsp3) is 0.867. The van der Waals surface area contributed by atoms with Crippen LogP contribution in [0.15, 0.2) is 0 Å². The van der Waals surface area contributed by atoms with E-state index in [-0.39, 0.29) is 18.2 Å². The molecule has 1 atom stereocenters. The molecule has 0 aromatic carbocycles. The number of carboxylic acid groups (broad SMARTS) is 1. The molecule has 1 fully saturated rings. The second kappa shape index (κ2) is 7.51. The first-order valence-corrected chi connectivity index (χ1v) is 7.57. The molecule has 1 unspecified atom stereocenters. The molecule has 0 radical (unpaired) electrons. The van der Waals surface area contributed by atoms with E-state index in [0.29, 0.717) is 0 Å². The molecule has 0 aromatic rings. The molecule has 0 bridgehead atoms. The average Bonchev–Trinajstić information content (AvgIpc) is 2.77. The lowest BCUT2D eigenvalue weighted by atomic mass is 9.90. The van der Waals surface area contributed by atoms with Crippen LogP contribution in [0, 0.1) is 5.92 Å². The van der Waals surface area contributed by atoms with E-state index in [1.807, 2.05) is 6.92 Å². The van der Waals surface area contributed by atoms with Gasteiger partial charge in [0, 0.05) is 5.92 Å². The van der Waals surface area contributed by atoms with Crippen LogP contribution in [0.5, 0.6) is 0 Å². The van der Waals surface area contributed by atoms with E-state index in [2.05, 4.69) is 12.2 Å². The Bertz CT molecular complexity index is 309. The van der Waals surface area contributed by atoms with Crippen LogP contribution in [0.25, 0.3) is 0 Å². The topological polar surface area (TPSA) is 66.4 Å². The molecule has 0 aliphatic heterocycles. The monoisotopic (exact) mass is 269 g/mol. The van der Waals surface area contributed by atoms with Crippen LogP contribution in [-0.4, -0.2) is 22.5 Å². The first-order valence-electron chi connectivity index (χ1n) is 7.57. The Labute approximate surface area is 116 Å². The van der Waals surface area contributed by atoms with Crippen LogP contribution in [0.1, 0.15) is 71.6 Å². The normalized spacial score (nSPS) is 19.1. The van der Waals surface area contributed by atoms with Gasteiger partial charge >= 0.3 is 5.97 Å². The molecule has 1 aliphatic rings. The first-order chi connectivity index (χ1) is 9.03. The van der Waals surface area contributed by atoms with Gasteiger partial charge in [0.15, 0.2) is 0 Å². The minimum atomic E-state index is -0.816. The van der Waals surface area contributed by atoms with Gasteiger partial charge in [0.1, 0.15) is 0 Å². The summed E-state index contributed by atoms with van der Waals surface area (Å²) in [5.74, 6) is -0.728. The van der Waals surface area contributed by atoms with Crippen molar-refractivity contribution in [1.82, 2.24) is 5.32 Å². The standard InChI is InChI=1S/C15H27NO3/c1-3-5-8-12(4-2)14(19)16-15(11-13(17)18)9-6-7-10-15/h12H,3-11H2,1-2H3,(H,16,19)(H,17,18). The molecule has 1 saturated carbocycles. The third-order valence-electron chi connectivity index (χ3n) is 4.21. The van der Waals surface area contributed by atoms with E-state index >= 15 is 0 Å². The van der Waals surface area contributed by atoms with Crippen molar-refractivity contribution in [1.29, 1.82) is 0 Å². The molecule has 19 heavy (non-hydrogen) atoms. The third kappa shape index (κ3) is 4.84.